The van der Waals surface area contributed by atoms with Gasteiger partial charge in [-0.15, -0.1) is 0 Å². The molecule has 0 aliphatic heterocycles. The van der Waals surface area contributed by atoms with E-state index < -0.39 is 76.9 Å². The maximum atomic E-state index is 13.3. The van der Waals surface area contributed by atoms with Gasteiger partial charge in [-0.3, -0.25) is 28.8 Å². The summed E-state index contributed by atoms with van der Waals surface area (Å²) < 4.78 is 112. The molecule has 26 nitrogen and oxygen atoms in total. The first-order valence-electron chi connectivity index (χ1n) is 41.4. The van der Waals surface area contributed by atoms with Crippen molar-refractivity contribution in [2.75, 3.05) is 56.7 Å². The zero-order valence-electron chi connectivity index (χ0n) is 70.7. The number of hydrogen-bond donors (Lipinski definition) is 9. The minimum absolute atomic E-state index is 0.0569. The number of carbonyl (C=O) groups is 6. The molecule has 672 valence electrons. The van der Waals surface area contributed by atoms with Gasteiger partial charge in [-0.05, 0) is 233 Å². The minimum atomic E-state index is -4.11. The van der Waals surface area contributed by atoms with Gasteiger partial charge in [-0.25, -0.2) is 39.4 Å². The molecule has 0 saturated heterocycles. The topological polar surface area (TPSA) is 374 Å². The Balaban J connectivity index is 0.000000175. The van der Waals surface area contributed by atoms with Crippen molar-refractivity contribution in [1.29, 1.82) is 0 Å². The number of amides is 6. The Hall–Kier alpha value is -11.5. The second-order valence-corrected chi connectivity index (χ2v) is 38.4. The summed E-state index contributed by atoms with van der Waals surface area (Å²) in [6, 6.07) is 54.1. The first-order chi connectivity index (χ1) is 61.2. The number of H-pyrrole nitrogens is 3. The summed E-state index contributed by atoms with van der Waals surface area (Å²) >= 11 is 31.0. The first kappa shape index (κ1) is 95.6. The van der Waals surface area contributed by atoms with E-state index >= 15 is 0 Å². The van der Waals surface area contributed by atoms with Crippen LogP contribution in [0.15, 0.2) is 193 Å². The highest BCUT2D eigenvalue weighted by Crippen LogP contribution is 2.35. The van der Waals surface area contributed by atoms with Gasteiger partial charge in [0.15, 0.2) is 0 Å². The second-order valence-electron chi connectivity index (χ2n) is 30.8. The molecule has 4 heterocycles. The monoisotopic (exact) mass is 1890 g/mol. The van der Waals surface area contributed by atoms with Crippen LogP contribution in [0.5, 0.6) is 28.7 Å². The van der Waals surface area contributed by atoms with Crippen LogP contribution < -0.4 is 49.1 Å². The highest BCUT2D eigenvalue weighted by atomic mass is 35.5. The summed E-state index contributed by atoms with van der Waals surface area (Å²) in [4.78, 5) is 86.0. The fourth-order valence-corrected chi connectivity index (χ4v) is 18.2. The van der Waals surface area contributed by atoms with Crippen LogP contribution in [-0.4, -0.2) is 132 Å². The van der Waals surface area contributed by atoms with E-state index in [2.05, 4.69) is 45.1 Å². The van der Waals surface area contributed by atoms with Gasteiger partial charge in [0.25, 0.3) is 29.5 Å². The molecule has 6 amide bonds. The third-order valence-corrected chi connectivity index (χ3v) is 26.9. The van der Waals surface area contributed by atoms with Gasteiger partial charge in [-0.2, -0.15) is 0 Å². The van der Waals surface area contributed by atoms with Gasteiger partial charge >= 0.3 is 0 Å². The van der Waals surface area contributed by atoms with E-state index in [1.807, 2.05) is 119 Å². The van der Waals surface area contributed by atoms with Crippen LogP contribution >= 0.6 is 58.0 Å². The molecular weight excluding hydrogens is 1800 g/mol. The van der Waals surface area contributed by atoms with Crippen LogP contribution in [0.3, 0.4) is 0 Å². The standard InChI is InChI=1S/C35H33Cl2N3O6S.C31H34ClN3O5S.C28H29Cl2N3O6S/c1-22-18-28(19-23(2)32(22)37)45-16-7-12-30-29-14-13-25(36)21-31(29)39-33(30)35(42)40-47(43,44)17-15-38-34(41)24-8-6-11-27(20-24)46-26-9-4-3-5-10-26;32-23-15-16-25-26(13-7-18-40-28-14-6-11-21-8-4-5-12-24(21)28)29(34-27(25)20-23)31(37)35-41(38,39)19-17-33-30(36)22-9-2-1-3-10-22;1-16-13-20(14-17(2)25(16)30)39-10-4-5-23-22-7-6-19(29)15-24(22)32-26(23)28(35)33-40(36,37)12-9-31-27(34)21-8-11-38-18(21)3/h3-6,8-11,13-14,18-21,39H,7,12,15-17H2,1-2H3,(H,38,41)(H,40,42);4-6,8,11-12,14-16,20,22,34H,1-3,7,9-10,13,17-19H2,(H,33,36)(H,35,37);6-8,11,13-15,32H,4-5,9-10,12H2,1-3H3,(H,31,34)(H,33,35). The molecular formula is C94H96Cl5N9O17S3. The maximum Gasteiger partial charge on any atom is 0.281 e. The number of aromatic nitrogens is 3. The number of furan rings is 1. The molecule has 0 radical (unpaired) electrons. The van der Waals surface area contributed by atoms with Gasteiger partial charge < -0.3 is 54.3 Å². The Morgan fingerprint density at radius 2 is 0.820 bits per heavy atom. The number of carbonyl (C=O) groups excluding carboxylic acids is 6. The average molecular weight is 1900 g/mol. The molecule has 1 saturated carbocycles. The minimum Gasteiger partial charge on any atom is -0.494 e. The lowest BCUT2D eigenvalue weighted by molar-refractivity contribution is -0.125. The second kappa shape index (κ2) is 44.0. The number of aryl methyl sites for hydroxylation is 8. The summed E-state index contributed by atoms with van der Waals surface area (Å²) in [6.45, 7) is 9.94. The number of sulfonamides is 3. The molecule has 9 aromatic carbocycles. The van der Waals surface area contributed by atoms with E-state index in [1.165, 1.54) is 12.3 Å². The normalized spacial score (nSPS) is 12.3. The zero-order chi connectivity index (χ0) is 91.4. The van der Waals surface area contributed by atoms with E-state index in [4.69, 9.17) is 81.4 Å². The third-order valence-electron chi connectivity index (χ3n) is 21.2. The molecule has 1 aliphatic rings. The largest absolute Gasteiger partial charge is 0.494 e. The third kappa shape index (κ3) is 26.1. The highest BCUT2D eigenvalue weighted by Gasteiger charge is 2.29. The number of ether oxygens (including phenoxy) is 4. The van der Waals surface area contributed by atoms with Gasteiger partial charge in [-0.1, -0.05) is 156 Å². The predicted octanol–water partition coefficient (Wildman–Crippen LogP) is 18.6. The molecule has 128 heavy (non-hydrogen) atoms. The maximum absolute atomic E-state index is 13.3. The number of halogens is 5. The highest BCUT2D eigenvalue weighted by molar-refractivity contribution is 7.90. The number of fused-ring (bicyclic) bond motifs is 4. The summed E-state index contributed by atoms with van der Waals surface area (Å²) in [7, 11) is -12.2. The Morgan fingerprint density at radius 1 is 0.406 bits per heavy atom. The van der Waals surface area contributed by atoms with Gasteiger partial charge in [0.2, 0.25) is 36.0 Å². The van der Waals surface area contributed by atoms with E-state index in [0.29, 0.717) is 157 Å². The lowest BCUT2D eigenvalue weighted by atomic mass is 9.89. The Bertz CT molecular complexity index is 6560. The molecule has 0 spiro atoms. The smallest absolute Gasteiger partial charge is 0.281 e. The molecule has 1 fully saturated rings. The average Bonchev–Trinajstić information content (AvgIpc) is 1.64. The number of hydrogen-bond acceptors (Lipinski definition) is 17. The molecule has 34 heteroatoms. The molecule has 14 rings (SSSR count). The van der Waals surface area contributed by atoms with Crippen LogP contribution in [0.25, 0.3) is 43.5 Å². The van der Waals surface area contributed by atoms with Crippen molar-refractivity contribution in [2.45, 2.75) is 105 Å². The first-order valence-corrected chi connectivity index (χ1v) is 48.2. The number of benzene rings is 9. The fourth-order valence-electron chi connectivity index (χ4n) is 14.9. The van der Waals surface area contributed by atoms with Crippen molar-refractivity contribution in [2.24, 2.45) is 5.92 Å². The predicted molar refractivity (Wildman–Crippen MR) is 502 cm³/mol. The van der Waals surface area contributed by atoms with Gasteiger partial charge in [0, 0.05) is 94.3 Å². The van der Waals surface area contributed by atoms with Crippen LogP contribution in [-0.2, 0) is 54.1 Å². The molecule has 0 atom stereocenters. The zero-order valence-corrected chi connectivity index (χ0v) is 76.9. The molecule has 0 unspecified atom stereocenters. The molecule has 9 N–H and O–H groups in total. The van der Waals surface area contributed by atoms with Crippen LogP contribution in [0, 0.1) is 40.5 Å². The quantitative estimate of drug-likeness (QED) is 0.0167. The number of nitrogens with one attached hydrogen (secondary N) is 9. The lowest BCUT2D eigenvalue weighted by Gasteiger charge is -2.20. The Morgan fingerprint density at radius 3 is 1.28 bits per heavy atom. The molecule has 13 aromatic rings. The fraction of sp³-hybridized carbons (Fsp3) is 0.277. The van der Waals surface area contributed by atoms with Crippen molar-refractivity contribution in [1.82, 2.24) is 45.1 Å². The summed E-state index contributed by atoms with van der Waals surface area (Å²) in [5, 5.41) is 15.1. The molecule has 0 bridgehead atoms. The lowest BCUT2D eigenvalue weighted by Crippen LogP contribution is -2.39. The molecule has 4 aromatic heterocycles. The van der Waals surface area contributed by atoms with Gasteiger partial charge in [0.1, 0.15) is 51.6 Å². The van der Waals surface area contributed by atoms with Crippen molar-refractivity contribution < 1.29 is 77.4 Å². The van der Waals surface area contributed by atoms with Crippen molar-refractivity contribution >= 4 is 167 Å². The van der Waals surface area contributed by atoms with Crippen molar-refractivity contribution in [3.63, 3.8) is 0 Å². The van der Waals surface area contributed by atoms with Crippen LogP contribution in [0.4, 0.5) is 0 Å². The number of aromatic amines is 3. The Kier molecular flexibility index (Phi) is 32.8. The van der Waals surface area contributed by atoms with Gasteiger partial charge in [0.05, 0.1) is 48.9 Å². The SMILES string of the molecule is Cc1cc(OCCCc2c(C(=O)NS(=O)(=O)CCNC(=O)c3cccc(Oc4ccccc4)c3)[nH]c3cc(Cl)ccc23)cc(C)c1Cl.Cc1cc(OCCCc2c(C(=O)NS(=O)(=O)CCNC(=O)c3ccoc3C)[nH]c3cc(Cl)ccc23)cc(C)c1Cl.O=C(NS(=O)(=O)CCNC(=O)C1CCCCC1)c1[nH]c2cc(Cl)ccc2c1CCCOc1cccc2ccccc12. The van der Waals surface area contributed by atoms with E-state index in [1.54, 1.807) is 91.9 Å². The summed E-state index contributed by atoms with van der Waals surface area (Å²) in [6.07, 6.45) is 9.24. The number of rotatable bonds is 35. The molecule has 1 aliphatic carbocycles. The van der Waals surface area contributed by atoms with Crippen LogP contribution in [0.1, 0.15) is 148 Å². The van der Waals surface area contributed by atoms with Crippen molar-refractivity contribution in [3.8, 4) is 28.7 Å². The summed E-state index contributed by atoms with van der Waals surface area (Å²) in [5.74, 6) is -1.21. The van der Waals surface area contributed by atoms with E-state index in [-0.39, 0.29) is 48.5 Å². The Labute approximate surface area is 766 Å². The number of para-hydroxylation sites is 1. The van der Waals surface area contributed by atoms with E-state index in [0.717, 1.165) is 87.0 Å². The van der Waals surface area contributed by atoms with Crippen LogP contribution in [0.2, 0.25) is 25.1 Å². The van der Waals surface area contributed by atoms with E-state index in [9.17, 15) is 54.0 Å². The van der Waals surface area contributed by atoms with Crippen molar-refractivity contribution in [3.05, 3.63) is 286 Å². The summed E-state index contributed by atoms with van der Waals surface area (Å²) in [5.41, 5.74) is 8.52.